The Hall–Kier alpha value is -5.46. The van der Waals surface area contributed by atoms with E-state index in [0.29, 0.717) is 18.6 Å². The lowest BCUT2D eigenvalue weighted by Crippen LogP contribution is -2.47. The van der Waals surface area contributed by atoms with Crippen LogP contribution in [0.5, 0.6) is 0 Å². The molecule has 284 valence electrons. The number of benzene rings is 5. The van der Waals surface area contributed by atoms with Crippen molar-refractivity contribution < 1.29 is 33.7 Å². The standard InChI is InChI=1S/C44H45N3O7S/c1-29(49)46-36-20-22-38(23-21-36)55-28-37-25-41(33-14-12-31(27-48)13-15-33)54-43(53-37)34-18-16-32(17-19-34)39-11-7-6-10-35(39)26-45-44(51)47-40(42(50)52-2)24-30-8-4-3-5-9-30/h3-23,37,40-41,43,48H,24-28H2,1-2H3,(H,46,49)(H2,45,47,51). The number of hydrogen-bond acceptors (Lipinski definition) is 8. The van der Waals surface area contributed by atoms with Crippen LogP contribution in [-0.4, -0.2) is 48.0 Å². The van der Waals surface area contributed by atoms with E-state index in [4.69, 9.17) is 14.2 Å². The number of methoxy groups -OCH3 is 1. The molecule has 4 N–H and O–H groups in total. The average Bonchev–Trinajstić information content (AvgIpc) is 3.22. The molecule has 3 amide bonds. The van der Waals surface area contributed by atoms with Gasteiger partial charge in [-0.25, -0.2) is 9.59 Å². The van der Waals surface area contributed by atoms with Crippen LogP contribution in [0.1, 0.15) is 53.6 Å². The van der Waals surface area contributed by atoms with Crippen LogP contribution in [0.3, 0.4) is 0 Å². The van der Waals surface area contributed by atoms with Gasteiger partial charge in [-0.05, 0) is 57.6 Å². The van der Waals surface area contributed by atoms with E-state index in [2.05, 4.69) is 16.0 Å². The van der Waals surface area contributed by atoms with E-state index in [1.54, 1.807) is 11.8 Å². The van der Waals surface area contributed by atoms with Crippen LogP contribution >= 0.6 is 11.8 Å². The molecule has 0 saturated carbocycles. The molecule has 5 aromatic rings. The summed E-state index contributed by atoms with van der Waals surface area (Å²) in [6.45, 7) is 1.70. The minimum atomic E-state index is -0.834. The van der Waals surface area contributed by atoms with Gasteiger partial charge in [0.2, 0.25) is 5.91 Å². The molecule has 1 heterocycles. The Morgan fingerprint density at radius 3 is 2.20 bits per heavy atom. The van der Waals surface area contributed by atoms with Gasteiger partial charge in [0.15, 0.2) is 6.29 Å². The van der Waals surface area contributed by atoms with E-state index in [0.717, 1.165) is 49.5 Å². The molecular formula is C44H45N3O7S. The maximum Gasteiger partial charge on any atom is 0.328 e. The van der Waals surface area contributed by atoms with Crippen molar-refractivity contribution in [2.45, 2.75) is 62.4 Å². The smallest absolute Gasteiger partial charge is 0.328 e. The molecule has 10 nitrogen and oxygen atoms in total. The molecule has 1 aliphatic heterocycles. The van der Waals surface area contributed by atoms with Crippen LogP contribution in [0.2, 0.25) is 0 Å². The minimum Gasteiger partial charge on any atom is -0.467 e. The normalized spacial score (nSPS) is 17.1. The monoisotopic (exact) mass is 759 g/mol. The van der Waals surface area contributed by atoms with Crippen LogP contribution in [0.25, 0.3) is 11.1 Å². The zero-order valence-corrected chi connectivity index (χ0v) is 31.6. The molecule has 11 heteroatoms. The van der Waals surface area contributed by atoms with Gasteiger partial charge in [-0.3, -0.25) is 4.79 Å². The fourth-order valence-corrected chi connectivity index (χ4v) is 7.32. The van der Waals surface area contributed by atoms with Crippen molar-refractivity contribution in [2.75, 3.05) is 18.2 Å². The second-order valence-corrected chi connectivity index (χ2v) is 14.3. The molecule has 0 spiro atoms. The third-order valence-electron chi connectivity index (χ3n) is 9.25. The summed E-state index contributed by atoms with van der Waals surface area (Å²) in [6, 6.07) is 39.6. The van der Waals surface area contributed by atoms with E-state index in [1.165, 1.54) is 14.0 Å². The second-order valence-electron chi connectivity index (χ2n) is 13.2. The Morgan fingerprint density at radius 2 is 1.51 bits per heavy atom. The summed E-state index contributed by atoms with van der Waals surface area (Å²) in [5.74, 6) is 0.0693. The lowest BCUT2D eigenvalue weighted by atomic mass is 9.98. The van der Waals surface area contributed by atoms with Gasteiger partial charge in [-0.2, -0.15) is 0 Å². The fourth-order valence-electron chi connectivity index (χ4n) is 6.40. The Kier molecular flexibility index (Phi) is 13.7. The number of nitrogens with one attached hydrogen (secondary N) is 3. The number of urea groups is 1. The van der Waals surface area contributed by atoms with Gasteiger partial charge in [-0.15, -0.1) is 11.8 Å². The number of aliphatic hydroxyl groups is 1. The number of rotatable bonds is 14. The van der Waals surface area contributed by atoms with E-state index >= 15 is 0 Å². The van der Waals surface area contributed by atoms with E-state index < -0.39 is 24.3 Å². The summed E-state index contributed by atoms with van der Waals surface area (Å²) in [5.41, 5.74) is 7.20. The third kappa shape index (κ3) is 11.1. The summed E-state index contributed by atoms with van der Waals surface area (Å²) in [5, 5.41) is 18.0. The summed E-state index contributed by atoms with van der Waals surface area (Å²) in [4.78, 5) is 37.9. The number of hydrogen-bond donors (Lipinski definition) is 4. The van der Waals surface area contributed by atoms with Gasteiger partial charge in [0.1, 0.15) is 6.04 Å². The summed E-state index contributed by atoms with van der Waals surface area (Å²) in [6.07, 6.45) is 0.0136. The van der Waals surface area contributed by atoms with Crippen LogP contribution in [0.15, 0.2) is 132 Å². The first kappa shape index (κ1) is 39.2. The number of ether oxygens (including phenoxy) is 3. The maximum absolute atomic E-state index is 13.0. The highest BCUT2D eigenvalue weighted by Crippen LogP contribution is 2.40. The van der Waals surface area contributed by atoms with Crippen LogP contribution in [0, 0.1) is 0 Å². The molecular weight excluding hydrogens is 715 g/mol. The van der Waals surface area contributed by atoms with Crippen molar-refractivity contribution in [3.63, 3.8) is 0 Å². The minimum absolute atomic E-state index is 0.0269. The number of thioether (sulfide) groups is 1. The predicted molar refractivity (Wildman–Crippen MR) is 213 cm³/mol. The molecule has 4 unspecified atom stereocenters. The van der Waals surface area contributed by atoms with Gasteiger partial charge in [0.05, 0.1) is 25.9 Å². The molecule has 0 aliphatic carbocycles. The zero-order valence-electron chi connectivity index (χ0n) is 30.8. The van der Waals surface area contributed by atoms with Gasteiger partial charge in [0, 0.05) is 48.2 Å². The Morgan fingerprint density at radius 1 is 0.818 bits per heavy atom. The third-order valence-corrected chi connectivity index (χ3v) is 10.4. The van der Waals surface area contributed by atoms with Crippen molar-refractivity contribution in [1.29, 1.82) is 0 Å². The van der Waals surface area contributed by atoms with Crippen molar-refractivity contribution in [1.82, 2.24) is 10.6 Å². The maximum atomic E-state index is 13.0. The largest absolute Gasteiger partial charge is 0.467 e. The second kappa shape index (κ2) is 19.2. The number of amides is 3. The number of carbonyl (C=O) groups excluding carboxylic acids is 3. The van der Waals surface area contributed by atoms with Gasteiger partial charge < -0.3 is 35.3 Å². The molecule has 0 bridgehead atoms. The first-order valence-electron chi connectivity index (χ1n) is 18.1. The zero-order chi connectivity index (χ0) is 38.6. The molecule has 0 aromatic heterocycles. The quantitative estimate of drug-likeness (QED) is 0.0668. The van der Waals surface area contributed by atoms with Crippen LogP contribution in [-0.2, 0) is 43.4 Å². The first-order chi connectivity index (χ1) is 26.8. The molecule has 6 rings (SSSR count). The Labute approximate surface area is 325 Å². The highest BCUT2D eigenvalue weighted by Gasteiger charge is 2.32. The number of aliphatic hydroxyl groups excluding tert-OH is 1. The number of anilines is 1. The Bertz CT molecular complexity index is 2030. The molecule has 55 heavy (non-hydrogen) atoms. The van der Waals surface area contributed by atoms with Crippen LogP contribution < -0.4 is 16.0 Å². The van der Waals surface area contributed by atoms with Gasteiger partial charge >= 0.3 is 12.0 Å². The fraction of sp³-hybridized carbons (Fsp3) is 0.250. The average molecular weight is 760 g/mol. The predicted octanol–water partition coefficient (Wildman–Crippen LogP) is 7.73. The summed E-state index contributed by atoms with van der Waals surface area (Å²) in [7, 11) is 1.31. The van der Waals surface area contributed by atoms with Crippen molar-refractivity contribution >= 4 is 35.4 Å². The number of carbonyl (C=O) groups is 3. The lowest BCUT2D eigenvalue weighted by molar-refractivity contribution is -0.245. The molecule has 4 atom stereocenters. The SMILES string of the molecule is COC(=O)C(Cc1ccccc1)NC(=O)NCc1ccccc1-c1ccc(C2OC(CSc3ccc(NC(C)=O)cc3)CC(c3ccc(CO)cc3)O2)cc1. The Balaban J connectivity index is 1.13. The highest BCUT2D eigenvalue weighted by molar-refractivity contribution is 7.99. The molecule has 1 fully saturated rings. The van der Waals surface area contributed by atoms with Crippen molar-refractivity contribution in [3.05, 3.63) is 155 Å². The summed E-state index contributed by atoms with van der Waals surface area (Å²) < 4.78 is 18.1. The molecule has 1 saturated heterocycles. The van der Waals surface area contributed by atoms with Crippen LogP contribution in [0.4, 0.5) is 10.5 Å². The van der Waals surface area contributed by atoms with Gasteiger partial charge in [-0.1, -0.05) is 103 Å². The molecule has 0 radical (unpaired) electrons. The highest BCUT2D eigenvalue weighted by atomic mass is 32.2. The van der Waals surface area contributed by atoms with Crippen molar-refractivity contribution in [3.8, 4) is 11.1 Å². The van der Waals surface area contributed by atoms with Gasteiger partial charge in [0.25, 0.3) is 0 Å². The molecule has 1 aliphatic rings. The van der Waals surface area contributed by atoms with E-state index in [1.807, 2.05) is 127 Å². The number of esters is 1. The summed E-state index contributed by atoms with van der Waals surface area (Å²) >= 11 is 1.69. The van der Waals surface area contributed by atoms with E-state index in [9.17, 15) is 19.5 Å². The first-order valence-corrected chi connectivity index (χ1v) is 19.1. The van der Waals surface area contributed by atoms with Crippen molar-refractivity contribution in [2.24, 2.45) is 0 Å². The van der Waals surface area contributed by atoms with E-state index in [-0.39, 0.29) is 31.3 Å². The topological polar surface area (TPSA) is 135 Å². The lowest BCUT2D eigenvalue weighted by Gasteiger charge is -2.36. The molecule has 5 aromatic carbocycles.